The number of nitrogens with one attached hydrogen (secondary N) is 2. The Balaban J connectivity index is 1.24. The molecule has 0 bridgehead atoms. The topological polar surface area (TPSA) is 47.6 Å². The van der Waals surface area contributed by atoms with Crippen LogP contribution in [0.15, 0.2) is 30.3 Å². The van der Waals surface area contributed by atoms with Crippen molar-refractivity contribution in [3.8, 4) is 0 Å². The molecule has 150 valence electrons. The second kappa shape index (κ2) is 10.7. The van der Waals surface area contributed by atoms with Gasteiger partial charge in [0.15, 0.2) is 0 Å². The van der Waals surface area contributed by atoms with Crippen molar-refractivity contribution in [2.24, 2.45) is 5.92 Å². The highest BCUT2D eigenvalue weighted by Crippen LogP contribution is 2.16. The summed E-state index contributed by atoms with van der Waals surface area (Å²) in [7, 11) is 0. The van der Waals surface area contributed by atoms with Crippen LogP contribution < -0.4 is 10.6 Å². The third kappa shape index (κ3) is 7.15. The molecule has 0 radical (unpaired) electrons. The van der Waals surface area contributed by atoms with E-state index in [1.165, 1.54) is 31.5 Å². The fourth-order valence-electron chi connectivity index (χ4n) is 4.10. The molecule has 0 unspecified atom stereocenters. The largest absolute Gasteiger partial charge is 0.338 e. The molecule has 0 atom stereocenters. The molecule has 0 aromatic heterocycles. The van der Waals surface area contributed by atoms with Gasteiger partial charge in [-0.3, -0.25) is 4.90 Å². The molecule has 2 amide bonds. The van der Waals surface area contributed by atoms with Gasteiger partial charge in [0.25, 0.3) is 0 Å². The predicted octanol–water partition coefficient (Wildman–Crippen LogP) is 3.07. The first-order valence-electron chi connectivity index (χ1n) is 10.7. The summed E-state index contributed by atoms with van der Waals surface area (Å²) in [5, 5.41) is 6.20. The van der Waals surface area contributed by atoms with Crippen molar-refractivity contribution < 1.29 is 4.79 Å². The minimum atomic E-state index is 0.00350. The molecule has 27 heavy (non-hydrogen) atoms. The lowest BCUT2D eigenvalue weighted by molar-refractivity contribution is 0.184. The fraction of sp³-hybridized carbons (Fsp3) is 0.682. The molecular formula is C22H36N4O. The van der Waals surface area contributed by atoms with Gasteiger partial charge in [-0.15, -0.1) is 0 Å². The van der Waals surface area contributed by atoms with Crippen LogP contribution in [0.4, 0.5) is 4.79 Å². The number of hydrogen-bond acceptors (Lipinski definition) is 3. The second-order valence-corrected chi connectivity index (χ2v) is 8.31. The molecule has 2 aliphatic rings. The number of nitrogens with zero attached hydrogens (tertiary/aromatic N) is 2. The SMILES string of the molecule is CC1CCN(CCCNC(=O)NC2CCN(Cc3ccccc3)CC2)CC1. The number of likely N-dealkylation sites (tertiary alicyclic amines) is 2. The number of piperidine rings is 2. The van der Waals surface area contributed by atoms with E-state index in [1.54, 1.807) is 0 Å². The molecule has 0 saturated carbocycles. The van der Waals surface area contributed by atoms with Crippen molar-refractivity contribution in [2.45, 2.75) is 51.6 Å². The van der Waals surface area contributed by atoms with Crippen molar-refractivity contribution in [3.63, 3.8) is 0 Å². The number of amides is 2. The van der Waals surface area contributed by atoms with E-state index < -0.39 is 0 Å². The number of hydrogen-bond donors (Lipinski definition) is 2. The van der Waals surface area contributed by atoms with Crippen molar-refractivity contribution in [3.05, 3.63) is 35.9 Å². The highest BCUT2D eigenvalue weighted by atomic mass is 16.2. The van der Waals surface area contributed by atoms with Gasteiger partial charge in [0.05, 0.1) is 0 Å². The van der Waals surface area contributed by atoms with Crippen LogP contribution in [-0.4, -0.2) is 61.1 Å². The molecule has 2 fully saturated rings. The molecule has 0 spiro atoms. The Morgan fingerprint density at radius 3 is 2.37 bits per heavy atom. The lowest BCUT2D eigenvalue weighted by atomic mass is 9.99. The summed E-state index contributed by atoms with van der Waals surface area (Å²) in [5.74, 6) is 0.879. The average molecular weight is 373 g/mol. The van der Waals surface area contributed by atoms with Gasteiger partial charge in [-0.2, -0.15) is 0 Å². The Morgan fingerprint density at radius 2 is 1.67 bits per heavy atom. The summed E-state index contributed by atoms with van der Waals surface area (Å²) in [6, 6.07) is 10.9. The summed E-state index contributed by atoms with van der Waals surface area (Å²) in [6.07, 6.45) is 5.74. The lowest BCUT2D eigenvalue weighted by Crippen LogP contribution is -2.48. The molecule has 0 aliphatic carbocycles. The third-order valence-corrected chi connectivity index (χ3v) is 5.98. The van der Waals surface area contributed by atoms with E-state index in [-0.39, 0.29) is 6.03 Å². The van der Waals surface area contributed by atoms with Gasteiger partial charge in [0.2, 0.25) is 0 Å². The highest BCUT2D eigenvalue weighted by molar-refractivity contribution is 5.74. The van der Waals surface area contributed by atoms with Crippen LogP contribution in [-0.2, 0) is 6.54 Å². The zero-order valence-corrected chi connectivity index (χ0v) is 16.8. The molecule has 5 nitrogen and oxygen atoms in total. The maximum Gasteiger partial charge on any atom is 0.315 e. The van der Waals surface area contributed by atoms with Gasteiger partial charge >= 0.3 is 6.03 Å². The van der Waals surface area contributed by atoms with Crippen LogP contribution in [0, 0.1) is 5.92 Å². The molecule has 2 heterocycles. The molecule has 2 aliphatic heterocycles. The number of carbonyl (C=O) groups is 1. The number of urea groups is 1. The fourth-order valence-corrected chi connectivity index (χ4v) is 4.10. The van der Waals surface area contributed by atoms with Crippen molar-refractivity contribution >= 4 is 6.03 Å². The van der Waals surface area contributed by atoms with Crippen LogP contribution in [0.5, 0.6) is 0 Å². The summed E-state index contributed by atoms with van der Waals surface area (Å²) in [4.78, 5) is 17.1. The second-order valence-electron chi connectivity index (χ2n) is 8.31. The molecule has 2 saturated heterocycles. The number of benzene rings is 1. The van der Waals surface area contributed by atoms with E-state index in [9.17, 15) is 4.79 Å². The molecule has 2 N–H and O–H groups in total. The quantitative estimate of drug-likeness (QED) is 0.723. The van der Waals surface area contributed by atoms with Gasteiger partial charge in [0, 0.05) is 32.2 Å². The normalized spacial score (nSPS) is 20.5. The average Bonchev–Trinajstić information content (AvgIpc) is 2.69. The number of rotatable bonds is 7. The van der Waals surface area contributed by atoms with Gasteiger partial charge in [-0.05, 0) is 63.2 Å². The Morgan fingerprint density at radius 1 is 1.00 bits per heavy atom. The lowest BCUT2D eigenvalue weighted by Gasteiger charge is -2.32. The predicted molar refractivity (Wildman–Crippen MR) is 111 cm³/mol. The van der Waals surface area contributed by atoms with Crippen LogP contribution in [0.2, 0.25) is 0 Å². The summed E-state index contributed by atoms with van der Waals surface area (Å²) in [5.41, 5.74) is 1.37. The maximum absolute atomic E-state index is 12.1. The molecular weight excluding hydrogens is 336 g/mol. The van der Waals surface area contributed by atoms with Crippen LogP contribution in [0.3, 0.4) is 0 Å². The van der Waals surface area contributed by atoms with Crippen molar-refractivity contribution in [1.82, 2.24) is 20.4 Å². The summed E-state index contributed by atoms with van der Waals surface area (Å²) < 4.78 is 0. The minimum absolute atomic E-state index is 0.00350. The summed E-state index contributed by atoms with van der Waals surface area (Å²) in [6.45, 7) is 9.75. The molecule has 5 heteroatoms. The van der Waals surface area contributed by atoms with Crippen molar-refractivity contribution in [1.29, 1.82) is 0 Å². The van der Waals surface area contributed by atoms with Gasteiger partial charge in [0.1, 0.15) is 0 Å². The zero-order chi connectivity index (χ0) is 18.9. The van der Waals surface area contributed by atoms with Gasteiger partial charge in [-0.1, -0.05) is 37.3 Å². The van der Waals surface area contributed by atoms with Crippen LogP contribution >= 0.6 is 0 Å². The standard InChI is InChI=1S/C22H36N4O/c1-19-8-14-25(15-9-19)13-5-12-23-22(27)24-21-10-16-26(17-11-21)18-20-6-3-2-4-7-20/h2-4,6-7,19,21H,5,8-18H2,1H3,(H2,23,24,27). The summed E-state index contributed by atoms with van der Waals surface area (Å²) >= 11 is 0. The van der Waals surface area contributed by atoms with Gasteiger partial charge < -0.3 is 15.5 Å². The monoisotopic (exact) mass is 372 g/mol. The minimum Gasteiger partial charge on any atom is -0.338 e. The van der Waals surface area contributed by atoms with E-state index >= 15 is 0 Å². The Labute approximate surface area is 164 Å². The first-order valence-corrected chi connectivity index (χ1v) is 10.7. The highest BCUT2D eigenvalue weighted by Gasteiger charge is 2.20. The van der Waals surface area contributed by atoms with E-state index in [0.29, 0.717) is 6.04 Å². The van der Waals surface area contributed by atoms with E-state index in [2.05, 4.69) is 57.7 Å². The first-order chi connectivity index (χ1) is 13.2. The Bertz CT molecular complexity index is 549. The van der Waals surface area contributed by atoms with Crippen molar-refractivity contribution in [2.75, 3.05) is 39.3 Å². The smallest absolute Gasteiger partial charge is 0.315 e. The Hall–Kier alpha value is -1.59. The van der Waals surface area contributed by atoms with E-state index in [4.69, 9.17) is 0 Å². The van der Waals surface area contributed by atoms with E-state index in [1.807, 2.05) is 0 Å². The first kappa shape index (κ1) is 20.2. The van der Waals surface area contributed by atoms with Crippen LogP contribution in [0.1, 0.15) is 44.6 Å². The Kier molecular flexibility index (Phi) is 7.96. The van der Waals surface area contributed by atoms with Crippen LogP contribution in [0.25, 0.3) is 0 Å². The van der Waals surface area contributed by atoms with E-state index in [0.717, 1.165) is 57.9 Å². The maximum atomic E-state index is 12.1. The molecule has 1 aromatic carbocycles. The zero-order valence-electron chi connectivity index (χ0n) is 16.8. The number of carbonyl (C=O) groups excluding carboxylic acids is 1. The molecule has 3 rings (SSSR count). The van der Waals surface area contributed by atoms with Gasteiger partial charge in [-0.25, -0.2) is 4.79 Å². The molecule has 1 aromatic rings. The third-order valence-electron chi connectivity index (χ3n) is 5.98.